The van der Waals surface area contributed by atoms with E-state index in [1.807, 2.05) is 0 Å². The molecule has 16 N–H and O–H groups in total. The number of nitrogens with one attached hydrogen (secondary N) is 1. The fourth-order valence-electron chi connectivity index (χ4n) is 5.02. The lowest BCUT2D eigenvalue weighted by Gasteiger charge is -2.48. The molecular formula is C22H42N4O14. The van der Waals surface area contributed by atoms with Crippen molar-refractivity contribution >= 4 is 5.91 Å². The van der Waals surface area contributed by atoms with Crippen molar-refractivity contribution < 1.29 is 69.7 Å². The Morgan fingerprint density at radius 3 is 1.95 bits per heavy atom. The Morgan fingerprint density at radius 2 is 1.38 bits per heavy atom. The Labute approximate surface area is 229 Å². The third kappa shape index (κ3) is 7.06. The summed E-state index contributed by atoms with van der Waals surface area (Å²) in [6.07, 6.45) is -20.6. The highest BCUT2D eigenvalue weighted by Gasteiger charge is 2.52. The molecule has 2 aliphatic heterocycles. The lowest BCUT2D eigenvalue weighted by molar-refractivity contribution is -0.335. The molecule has 2 saturated heterocycles. The van der Waals surface area contributed by atoms with Crippen molar-refractivity contribution in [3.05, 3.63) is 0 Å². The van der Waals surface area contributed by atoms with E-state index in [4.69, 9.17) is 36.1 Å². The number of carbonyl (C=O) groups is 1. The summed E-state index contributed by atoms with van der Waals surface area (Å²) in [6.45, 7) is -1.42. The number of carbonyl (C=O) groups excluding carboxylic acids is 1. The number of amides is 1. The van der Waals surface area contributed by atoms with Crippen LogP contribution < -0.4 is 22.5 Å². The maximum absolute atomic E-state index is 12.6. The van der Waals surface area contributed by atoms with E-state index >= 15 is 0 Å². The molecule has 0 spiro atoms. The molecule has 18 nitrogen and oxygen atoms in total. The minimum Gasteiger partial charge on any atom is -0.394 e. The van der Waals surface area contributed by atoms with Gasteiger partial charge >= 0.3 is 0 Å². The van der Waals surface area contributed by atoms with E-state index in [0.717, 1.165) is 0 Å². The highest BCUT2D eigenvalue weighted by molar-refractivity contribution is 5.80. The molecule has 3 rings (SSSR count). The van der Waals surface area contributed by atoms with Gasteiger partial charge in [0, 0.05) is 6.04 Å². The molecule has 18 heteroatoms. The topological polar surface area (TPSA) is 326 Å². The van der Waals surface area contributed by atoms with Crippen molar-refractivity contribution in [3.63, 3.8) is 0 Å². The Balaban J connectivity index is 1.85. The summed E-state index contributed by atoms with van der Waals surface area (Å²) < 4.78 is 22.3. The first kappa shape index (κ1) is 33.3. The molecule has 1 aliphatic carbocycles. The molecular weight excluding hydrogens is 544 g/mol. The van der Waals surface area contributed by atoms with Crippen molar-refractivity contribution in [3.8, 4) is 0 Å². The quantitative estimate of drug-likeness (QED) is 0.113. The second kappa shape index (κ2) is 14.3. The summed E-state index contributed by atoms with van der Waals surface area (Å²) in [5.41, 5.74) is 17.5. The molecule has 3 aliphatic rings. The van der Waals surface area contributed by atoms with Crippen LogP contribution in [0.4, 0.5) is 0 Å². The van der Waals surface area contributed by atoms with Gasteiger partial charge in [0.05, 0.1) is 25.3 Å². The van der Waals surface area contributed by atoms with E-state index in [9.17, 15) is 50.8 Å². The zero-order valence-electron chi connectivity index (χ0n) is 21.6. The van der Waals surface area contributed by atoms with Crippen molar-refractivity contribution in [2.24, 2.45) is 17.2 Å². The van der Waals surface area contributed by atoms with Crippen LogP contribution in [0.3, 0.4) is 0 Å². The molecule has 8 unspecified atom stereocenters. The van der Waals surface area contributed by atoms with Gasteiger partial charge in [-0.05, 0) is 19.4 Å². The predicted octanol–water partition coefficient (Wildman–Crippen LogP) is -8.39. The van der Waals surface area contributed by atoms with Crippen LogP contribution >= 0.6 is 0 Å². The van der Waals surface area contributed by atoms with E-state index in [-0.39, 0.29) is 19.4 Å². The van der Waals surface area contributed by atoms with Crippen LogP contribution in [0.1, 0.15) is 12.8 Å². The molecule has 1 amide bonds. The first-order valence-corrected chi connectivity index (χ1v) is 13.0. The second-order valence-electron chi connectivity index (χ2n) is 10.3. The number of rotatable bonds is 10. The fraction of sp³-hybridized carbons (Fsp3) is 0.955. The van der Waals surface area contributed by atoms with Gasteiger partial charge in [-0.3, -0.25) is 4.79 Å². The molecule has 0 radical (unpaired) electrons. The molecule has 2 heterocycles. The number of hydrogen-bond donors (Lipinski definition) is 13. The summed E-state index contributed by atoms with van der Waals surface area (Å²) in [5, 5.41) is 94.0. The van der Waals surface area contributed by atoms with Crippen LogP contribution in [-0.2, 0) is 23.7 Å². The minimum atomic E-state index is -1.81. The van der Waals surface area contributed by atoms with Gasteiger partial charge in [0.1, 0.15) is 67.1 Å². The first-order valence-electron chi connectivity index (χ1n) is 13.0. The molecule has 16 atom stereocenters. The number of hydrogen-bond acceptors (Lipinski definition) is 17. The summed E-state index contributed by atoms with van der Waals surface area (Å²) in [5.74, 6) is -0.859. The highest BCUT2D eigenvalue weighted by Crippen LogP contribution is 2.32. The lowest BCUT2D eigenvalue weighted by Crippen LogP contribution is -2.69. The molecule has 40 heavy (non-hydrogen) atoms. The zero-order chi connectivity index (χ0) is 29.9. The zero-order valence-corrected chi connectivity index (χ0v) is 21.6. The normalized spacial score (nSPS) is 47.0. The Morgan fingerprint density at radius 1 is 0.825 bits per heavy atom. The number of aliphatic hydroxyl groups is 9. The number of nitrogens with two attached hydrogens (primary N) is 3. The van der Waals surface area contributed by atoms with Crippen molar-refractivity contribution in [2.75, 3.05) is 19.8 Å². The van der Waals surface area contributed by atoms with Crippen LogP contribution in [0.5, 0.6) is 0 Å². The Kier molecular flexibility index (Phi) is 11.9. The van der Waals surface area contributed by atoms with Gasteiger partial charge in [-0.15, -0.1) is 0 Å². The molecule has 0 bridgehead atoms. The monoisotopic (exact) mass is 586 g/mol. The van der Waals surface area contributed by atoms with E-state index in [0.29, 0.717) is 0 Å². The molecule has 0 aromatic carbocycles. The Hall–Kier alpha value is -1.17. The molecule has 0 aromatic heterocycles. The SMILES string of the molecule is NCC[C@H](O)C(=O)N[C@@H]1CC(N)[C@@H](O[C@H]2OC(CO)[C@@H](O)C(O)C2O)C(O)C1O[C@H]1OC(CO)[C@@H](O)C(N)[C@@H]1O. The average molecular weight is 587 g/mol. The van der Waals surface area contributed by atoms with E-state index in [2.05, 4.69) is 5.32 Å². The van der Waals surface area contributed by atoms with Gasteiger partial charge in [0.2, 0.25) is 5.91 Å². The highest BCUT2D eigenvalue weighted by atomic mass is 16.7. The van der Waals surface area contributed by atoms with Crippen molar-refractivity contribution in [1.29, 1.82) is 0 Å². The minimum absolute atomic E-state index is 0.00119. The molecule has 3 fully saturated rings. The summed E-state index contributed by atoms with van der Waals surface area (Å²) in [6, 6.07) is -3.52. The average Bonchev–Trinajstić information content (AvgIpc) is 2.92. The summed E-state index contributed by atoms with van der Waals surface area (Å²) in [7, 11) is 0. The summed E-state index contributed by atoms with van der Waals surface area (Å²) >= 11 is 0. The van der Waals surface area contributed by atoms with Crippen molar-refractivity contribution in [1.82, 2.24) is 5.32 Å². The first-order chi connectivity index (χ1) is 18.9. The van der Waals surface area contributed by atoms with Gasteiger partial charge in [0.15, 0.2) is 12.6 Å². The van der Waals surface area contributed by atoms with Crippen LogP contribution in [0, 0.1) is 0 Å². The summed E-state index contributed by atoms with van der Waals surface area (Å²) in [4.78, 5) is 12.6. The van der Waals surface area contributed by atoms with E-state index in [1.54, 1.807) is 0 Å². The standard InChI is InChI=1S/C22H42N4O14/c23-2-1-8(29)20(36)26-7-3-6(24)18(39-22-16(34)15(33)13(31)10(5-28)38-22)17(35)19(7)40-21-14(32)11(25)12(30)9(4-27)37-21/h6-19,21-22,27-35H,1-5,23-25H2,(H,26,36)/t6?,7-,8+,9?,10?,11?,12-,13-,14+,15?,16?,17?,18-,19?,21-,22-/m1/s1. The predicted molar refractivity (Wildman–Crippen MR) is 129 cm³/mol. The van der Waals surface area contributed by atoms with Gasteiger partial charge in [-0.25, -0.2) is 0 Å². The van der Waals surface area contributed by atoms with Crippen LogP contribution in [0.15, 0.2) is 0 Å². The van der Waals surface area contributed by atoms with Crippen molar-refractivity contribution in [2.45, 2.75) is 111 Å². The Bertz CT molecular complexity index is 813. The lowest BCUT2D eigenvalue weighted by atomic mass is 9.83. The van der Waals surface area contributed by atoms with Crippen LogP contribution in [-0.4, -0.2) is 169 Å². The van der Waals surface area contributed by atoms with Gasteiger partial charge in [0.25, 0.3) is 0 Å². The molecule has 234 valence electrons. The van der Waals surface area contributed by atoms with Crippen LogP contribution in [0.2, 0.25) is 0 Å². The van der Waals surface area contributed by atoms with E-state index < -0.39 is 117 Å². The maximum Gasteiger partial charge on any atom is 0.249 e. The third-order valence-electron chi connectivity index (χ3n) is 7.46. The largest absolute Gasteiger partial charge is 0.394 e. The number of aliphatic hydroxyl groups excluding tert-OH is 9. The van der Waals surface area contributed by atoms with Crippen LogP contribution in [0.25, 0.3) is 0 Å². The van der Waals surface area contributed by atoms with Gasteiger partial charge < -0.3 is 87.4 Å². The molecule has 0 aromatic rings. The fourth-order valence-corrected chi connectivity index (χ4v) is 5.02. The second-order valence-corrected chi connectivity index (χ2v) is 10.3. The smallest absolute Gasteiger partial charge is 0.249 e. The van der Waals surface area contributed by atoms with Gasteiger partial charge in [-0.2, -0.15) is 0 Å². The van der Waals surface area contributed by atoms with E-state index in [1.165, 1.54) is 0 Å². The molecule has 1 saturated carbocycles. The maximum atomic E-state index is 12.6. The number of ether oxygens (including phenoxy) is 4. The third-order valence-corrected chi connectivity index (χ3v) is 7.46. The van der Waals surface area contributed by atoms with Gasteiger partial charge in [-0.1, -0.05) is 0 Å².